The highest BCUT2D eigenvalue weighted by Crippen LogP contribution is 2.38. The quantitative estimate of drug-likeness (QED) is 0.394. The Bertz CT molecular complexity index is 1320. The van der Waals surface area contributed by atoms with E-state index >= 15 is 0 Å². The Hall–Kier alpha value is -3.17. The number of aromatic nitrogens is 2. The number of hydrogen-bond acceptors (Lipinski definition) is 2. The van der Waals surface area contributed by atoms with Gasteiger partial charge in [0.25, 0.3) is 0 Å². The number of pyridine rings is 1. The van der Waals surface area contributed by atoms with E-state index in [4.69, 9.17) is 0 Å². The predicted octanol–water partition coefficient (Wildman–Crippen LogP) is 5.75. The number of para-hydroxylation sites is 1. The summed E-state index contributed by atoms with van der Waals surface area (Å²) in [5.41, 5.74) is 6.63. The second-order valence-electron chi connectivity index (χ2n) is 7.73. The zero-order valence-corrected chi connectivity index (χ0v) is 16.9. The Morgan fingerprint density at radius 3 is 2.48 bits per heavy atom. The summed E-state index contributed by atoms with van der Waals surface area (Å²) >= 11 is 0. The van der Waals surface area contributed by atoms with Crippen LogP contribution in [0.25, 0.3) is 32.6 Å². The van der Waals surface area contributed by atoms with E-state index < -0.39 is 0 Å². The van der Waals surface area contributed by atoms with Gasteiger partial charge in [0.2, 0.25) is 0 Å². The summed E-state index contributed by atoms with van der Waals surface area (Å²) in [6.07, 6.45) is 3.90. The van der Waals surface area contributed by atoms with Gasteiger partial charge in [-0.1, -0.05) is 48.5 Å². The molecule has 3 aromatic carbocycles. The summed E-state index contributed by atoms with van der Waals surface area (Å²) in [5, 5.41) is 8.85. The smallest absolute Gasteiger partial charge is 0.0530 e. The van der Waals surface area contributed by atoms with Gasteiger partial charge in [0, 0.05) is 53.7 Å². The third kappa shape index (κ3) is 2.99. The third-order valence-electron chi connectivity index (χ3n) is 6.01. The topological polar surface area (TPSA) is 29.9 Å². The Balaban J connectivity index is 1.60. The molecule has 0 saturated carbocycles. The number of nitrogens with zero attached hydrogens (tertiary/aromatic N) is 2. The Morgan fingerprint density at radius 2 is 1.62 bits per heavy atom. The van der Waals surface area contributed by atoms with Crippen LogP contribution in [0.5, 0.6) is 0 Å². The van der Waals surface area contributed by atoms with E-state index in [1.165, 1.54) is 49.3 Å². The molecular weight excluding hydrogens is 354 g/mol. The molecule has 2 heterocycles. The molecule has 0 aliphatic carbocycles. The second kappa shape index (κ2) is 7.34. The molecule has 0 bridgehead atoms. The van der Waals surface area contributed by atoms with E-state index in [0.29, 0.717) is 0 Å². The zero-order valence-electron chi connectivity index (χ0n) is 16.9. The number of nitrogens with one attached hydrogen (secondary N) is 1. The summed E-state index contributed by atoms with van der Waals surface area (Å²) in [5.74, 6) is 0. The summed E-state index contributed by atoms with van der Waals surface area (Å²) in [6, 6.07) is 21.5. The van der Waals surface area contributed by atoms with Crippen LogP contribution in [0.3, 0.4) is 0 Å². The van der Waals surface area contributed by atoms with E-state index in [-0.39, 0.29) is 0 Å². The Morgan fingerprint density at radius 1 is 0.828 bits per heavy atom. The van der Waals surface area contributed by atoms with Crippen LogP contribution in [-0.2, 0) is 13.1 Å². The van der Waals surface area contributed by atoms with Crippen molar-refractivity contribution in [2.75, 3.05) is 6.54 Å². The van der Waals surface area contributed by atoms with Crippen LogP contribution in [0.15, 0.2) is 73.1 Å². The maximum absolute atomic E-state index is 4.38. The average Bonchev–Trinajstić information content (AvgIpc) is 3.11. The molecular formula is C26H25N3. The summed E-state index contributed by atoms with van der Waals surface area (Å²) < 4.78 is 2.49. The van der Waals surface area contributed by atoms with Gasteiger partial charge in [0.1, 0.15) is 0 Å². The minimum absolute atomic E-state index is 0.893. The number of fused-ring (bicyclic) bond motifs is 4. The molecule has 29 heavy (non-hydrogen) atoms. The monoisotopic (exact) mass is 379 g/mol. The lowest BCUT2D eigenvalue weighted by molar-refractivity contribution is 0.618. The maximum atomic E-state index is 4.38. The van der Waals surface area contributed by atoms with Gasteiger partial charge in [0.15, 0.2) is 0 Å². The van der Waals surface area contributed by atoms with Crippen molar-refractivity contribution in [2.45, 2.75) is 26.9 Å². The van der Waals surface area contributed by atoms with Crippen LogP contribution in [0, 0.1) is 13.8 Å². The van der Waals surface area contributed by atoms with Crippen LogP contribution in [0.4, 0.5) is 0 Å². The fourth-order valence-electron chi connectivity index (χ4n) is 4.61. The van der Waals surface area contributed by atoms with Gasteiger partial charge in [-0.15, -0.1) is 0 Å². The van der Waals surface area contributed by atoms with Crippen LogP contribution < -0.4 is 5.32 Å². The number of hydrogen-bond donors (Lipinski definition) is 1. The van der Waals surface area contributed by atoms with E-state index in [9.17, 15) is 0 Å². The molecule has 2 aromatic heterocycles. The normalized spacial score (nSPS) is 11.7. The summed E-state index contributed by atoms with van der Waals surface area (Å²) in [6.45, 7) is 7.24. The molecule has 0 aliphatic heterocycles. The lowest BCUT2D eigenvalue weighted by Gasteiger charge is -2.13. The van der Waals surface area contributed by atoms with Crippen LogP contribution in [0.2, 0.25) is 0 Å². The van der Waals surface area contributed by atoms with E-state index in [0.717, 1.165) is 19.6 Å². The van der Waals surface area contributed by atoms with E-state index in [1.54, 1.807) is 0 Å². The molecule has 5 aromatic rings. The van der Waals surface area contributed by atoms with Crippen molar-refractivity contribution in [3.63, 3.8) is 0 Å². The lowest BCUT2D eigenvalue weighted by Crippen LogP contribution is -2.19. The molecule has 5 rings (SSSR count). The highest BCUT2D eigenvalue weighted by Gasteiger charge is 2.17. The zero-order chi connectivity index (χ0) is 19.8. The van der Waals surface area contributed by atoms with Crippen LogP contribution in [-0.4, -0.2) is 16.1 Å². The van der Waals surface area contributed by atoms with Crippen molar-refractivity contribution < 1.29 is 0 Å². The van der Waals surface area contributed by atoms with Crippen LogP contribution in [0.1, 0.15) is 16.7 Å². The molecule has 0 saturated heterocycles. The Labute approximate surface area is 171 Å². The maximum Gasteiger partial charge on any atom is 0.0530 e. The fourth-order valence-corrected chi connectivity index (χ4v) is 4.61. The average molecular weight is 380 g/mol. The fraction of sp³-hybridized carbons (Fsp3) is 0.192. The number of rotatable bonds is 5. The third-order valence-corrected chi connectivity index (χ3v) is 6.01. The first kappa shape index (κ1) is 17.9. The van der Waals surface area contributed by atoms with Crippen molar-refractivity contribution >= 4 is 32.6 Å². The van der Waals surface area contributed by atoms with Crippen molar-refractivity contribution in [2.24, 2.45) is 0 Å². The van der Waals surface area contributed by atoms with E-state index in [1.807, 2.05) is 12.4 Å². The van der Waals surface area contributed by atoms with Crippen molar-refractivity contribution in [3.8, 4) is 0 Å². The first-order valence-electron chi connectivity index (χ1n) is 10.2. The van der Waals surface area contributed by atoms with E-state index in [2.05, 4.69) is 89.4 Å². The minimum atomic E-state index is 0.893. The molecule has 0 amide bonds. The van der Waals surface area contributed by atoms with Crippen molar-refractivity contribution in [3.05, 3.63) is 89.7 Å². The summed E-state index contributed by atoms with van der Waals surface area (Å²) in [4.78, 5) is 4.38. The Kier molecular flexibility index (Phi) is 4.53. The highest BCUT2D eigenvalue weighted by atomic mass is 15.0. The molecule has 0 aliphatic rings. The van der Waals surface area contributed by atoms with Gasteiger partial charge in [-0.05, 0) is 48.1 Å². The van der Waals surface area contributed by atoms with Gasteiger partial charge in [-0.25, -0.2) is 0 Å². The lowest BCUT2D eigenvalue weighted by atomic mass is 9.97. The molecule has 0 fully saturated rings. The molecule has 0 spiro atoms. The first-order chi connectivity index (χ1) is 14.3. The minimum Gasteiger partial charge on any atom is -0.339 e. The molecule has 0 unspecified atom stereocenters. The molecule has 144 valence electrons. The standard InChI is InChI=1S/C26H25N3/c1-18-23-17-27-13-12-21(23)19(2)26-25(18)22-10-6-7-11-24(22)29(26)15-14-28-16-20-8-4-3-5-9-20/h3-13,17,28H,14-16H2,1-2H3. The first-order valence-corrected chi connectivity index (χ1v) is 10.2. The molecule has 0 radical (unpaired) electrons. The van der Waals surface area contributed by atoms with Gasteiger partial charge in [0.05, 0.1) is 5.52 Å². The summed E-state index contributed by atoms with van der Waals surface area (Å²) in [7, 11) is 0. The number of benzene rings is 3. The van der Waals surface area contributed by atoms with Gasteiger partial charge in [-0.2, -0.15) is 0 Å². The molecule has 1 N–H and O–H groups in total. The molecule has 0 atom stereocenters. The van der Waals surface area contributed by atoms with Gasteiger partial charge in [-0.3, -0.25) is 4.98 Å². The highest BCUT2D eigenvalue weighted by molar-refractivity contribution is 6.16. The van der Waals surface area contributed by atoms with Crippen molar-refractivity contribution in [1.82, 2.24) is 14.9 Å². The molecule has 3 heteroatoms. The SMILES string of the molecule is Cc1c2cnccc2c(C)c2c1c1ccccc1n2CCNCc1ccccc1. The largest absolute Gasteiger partial charge is 0.339 e. The predicted molar refractivity (Wildman–Crippen MR) is 122 cm³/mol. The molecule has 3 nitrogen and oxygen atoms in total. The second-order valence-corrected chi connectivity index (χ2v) is 7.73. The van der Waals surface area contributed by atoms with Gasteiger partial charge < -0.3 is 9.88 Å². The van der Waals surface area contributed by atoms with Crippen molar-refractivity contribution in [1.29, 1.82) is 0 Å². The van der Waals surface area contributed by atoms with Gasteiger partial charge >= 0.3 is 0 Å². The van der Waals surface area contributed by atoms with Crippen LogP contribution >= 0.6 is 0 Å². The number of aryl methyl sites for hydroxylation is 2.